The van der Waals surface area contributed by atoms with Crippen LogP contribution in [0.1, 0.15) is 10.5 Å². The largest absolute Gasteiger partial charge is 0.464 e. The summed E-state index contributed by atoms with van der Waals surface area (Å²) in [5, 5.41) is 0.123. The Morgan fingerprint density at radius 3 is 2.45 bits per heavy atom. The Kier molecular flexibility index (Phi) is 4.17. The van der Waals surface area contributed by atoms with E-state index in [0.717, 1.165) is 13.1 Å². The summed E-state index contributed by atoms with van der Waals surface area (Å²) < 4.78 is 32.6. The molecule has 1 aliphatic rings. The molecule has 20 heavy (non-hydrogen) atoms. The van der Waals surface area contributed by atoms with Crippen molar-refractivity contribution in [1.29, 1.82) is 0 Å². The highest BCUT2D eigenvalue weighted by Gasteiger charge is 2.32. The molecule has 0 spiro atoms. The van der Waals surface area contributed by atoms with Gasteiger partial charge in [0.1, 0.15) is 5.69 Å². The maximum absolute atomic E-state index is 12.6. The van der Waals surface area contributed by atoms with Crippen LogP contribution in [-0.2, 0) is 21.8 Å². The van der Waals surface area contributed by atoms with Crippen molar-refractivity contribution in [1.82, 2.24) is 8.87 Å². The van der Waals surface area contributed by atoms with Crippen LogP contribution < -0.4 is 4.90 Å². The van der Waals surface area contributed by atoms with E-state index in [1.165, 1.54) is 33.0 Å². The maximum Gasteiger partial charge on any atom is 0.354 e. The summed E-state index contributed by atoms with van der Waals surface area (Å²) in [6.45, 7) is 2.56. The van der Waals surface area contributed by atoms with Crippen LogP contribution in [0.25, 0.3) is 0 Å². The Labute approximate surface area is 118 Å². The van der Waals surface area contributed by atoms with Gasteiger partial charge in [0.05, 0.1) is 40.3 Å². The van der Waals surface area contributed by atoms with E-state index in [-0.39, 0.29) is 10.7 Å². The zero-order valence-electron chi connectivity index (χ0n) is 11.9. The Morgan fingerprint density at radius 2 is 1.90 bits per heavy atom. The van der Waals surface area contributed by atoms with E-state index < -0.39 is 16.0 Å². The van der Waals surface area contributed by atoms with Crippen molar-refractivity contribution < 1.29 is 22.8 Å². The van der Waals surface area contributed by atoms with Gasteiger partial charge in [-0.2, -0.15) is 4.31 Å². The van der Waals surface area contributed by atoms with Crippen LogP contribution in [0, 0.1) is 0 Å². The highest BCUT2D eigenvalue weighted by molar-refractivity contribution is 7.89. The number of nitrogens with one attached hydrogen (secondary N) is 1. The number of esters is 1. The molecule has 8 heteroatoms. The van der Waals surface area contributed by atoms with Crippen molar-refractivity contribution in [2.45, 2.75) is 5.03 Å². The van der Waals surface area contributed by atoms with Crippen LogP contribution >= 0.6 is 0 Å². The molecule has 2 heterocycles. The first-order valence-corrected chi connectivity index (χ1v) is 7.87. The van der Waals surface area contributed by atoms with Crippen molar-refractivity contribution in [2.24, 2.45) is 7.05 Å². The molecule has 1 saturated heterocycles. The van der Waals surface area contributed by atoms with Gasteiger partial charge >= 0.3 is 5.97 Å². The Morgan fingerprint density at radius 1 is 1.30 bits per heavy atom. The lowest BCUT2D eigenvalue weighted by Crippen LogP contribution is -3.12. The van der Waals surface area contributed by atoms with E-state index >= 15 is 0 Å². The zero-order valence-corrected chi connectivity index (χ0v) is 12.7. The van der Waals surface area contributed by atoms with Crippen molar-refractivity contribution in [2.75, 3.05) is 40.3 Å². The molecule has 0 bridgehead atoms. The van der Waals surface area contributed by atoms with E-state index in [9.17, 15) is 13.2 Å². The highest BCUT2D eigenvalue weighted by atomic mass is 32.2. The number of nitrogens with zero attached hydrogens (tertiary/aromatic N) is 2. The minimum Gasteiger partial charge on any atom is -0.464 e. The first kappa shape index (κ1) is 15.0. The Bertz CT molecular complexity index is 600. The minimum atomic E-state index is -3.56. The molecule has 1 N–H and O–H groups in total. The number of methoxy groups -OCH3 is 1. The molecule has 0 amide bonds. The molecule has 1 fully saturated rings. The van der Waals surface area contributed by atoms with E-state index in [0.29, 0.717) is 13.1 Å². The number of quaternary nitrogens is 1. The van der Waals surface area contributed by atoms with Crippen LogP contribution in [0.2, 0.25) is 0 Å². The lowest BCUT2D eigenvalue weighted by Gasteiger charge is -2.29. The van der Waals surface area contributed by atoms with Crippen molar-refractivity contribution >= 4 is 16.0 Å². The second kappa shape index (κ2) is 5.55. The third-order valence-electron chi connectivity index (χ3n) is 3.65. The summed E-state index contributed by atoms with van der Waals surface area (Å²) in [6, 6.07) is 2.92. The Balaban J connectivity index is 2.31. The predicted molar refractivity (Wildman–Crippen MR) is 72.1 cm³/mol. The fourth-order valence-corrected chi connectivity index (χ4v) is 3.91. The molecule has 112 valence electrons. The Hall–Kier alpha value is -1.38. The predicted octanol–water partition coefficient (Wildman–Crippen LogP) is -1.67. The van der Waals surface area contributed by atoms with Crippen LogP contribution in [0.15, 0.2) is 17.2 Å². The molecule has 0 radical (unpaired) electrons. The molecular weight excluding hydrogens is 282 g/mol. The van der Waals surface area contributed by atoms with Crippen LogP contribution in [0.3, 0.4) is 0 Å². The SMILES string of the molecule is COC(=O)c1ccc(S(=O)(=O)N2CC[NH+](C)CC2)n1C. The highest BCUT2D eigenvalue weighted by Crippen LogP contribution is 2.18. The van der Waals surface area contributed by atoms with Crippen molar-refractivity contribution in [3.63, 3.8) is 0 Å². The number of hydrogen-bond donors (Lipinski definition) is 1. The van der Waals surface area contributed by atoms with Gasteiger partial charge in [-0.25, -0.2) is 13.2 Å². The molecule has 7 nitrogen and oxygen atoms in total. The number of likely N-dealkylation sites (N-methyl/N-ethyl adjacent to an activating group) is 1. The zero-order chi connectivity index (χ0) is 14.9. The van der Waals surface area contributed by atoms with Crippen LogP contribution in [0.4, 0.5) is 0 Å². The van der Waals surface area contributed by atoms with E-state index in [1.54, 1.807) is 7.05 Å². The third-order valence-corrected chi connectivity index (χ3v) is 5.63. The molecule has 1 aromatic rings. The number of rotatable bonds is 3. The van der Waals surface area contributed by atoms with E-state index in [2.05, 4.69) is 4.74 Å². The number of carbonyl (C=O) groups excluding carboxylic acids is 1. The monoisotopic (exact) mass is 302 g/mol. The maximum atomic E-state index is 12.6. The topological polar surface area (TPSA) is 73.1 Å². The second-order valence-corrected chi connectivity index (χ2v) is 6.85. The van der Waals surface area contributed by atoms with E-state index in [1.807, 2.05) is 7.05 Å². The third kappa shape index (κ3) is 2.58. The summed E-state index contributed by atoms with van der Waals surface area (Å²) in [5.41, 5.74) is 0.228. The van der Waals surface area contributed by atoms with Crippen LogP contribution in [0.5, 0.6) is 0 Å². The summed E-state index contributed by atoms with van der Waals surface area (Å²) in [7, 11) is 1.31. The first-order chi connectivity index (χ1) is 9.37. The summed E-state index contributed by atoms with van der Waals surface area (Å²) >= 11 is 0. The van der Waals surface area contributed by atoms with Gasteiger partial charge in [-0.1, -0.05) is 0 Å². The summed E-state index contributed by atoms with van der Waals surface area (Å²) in [4.78, 5) is 12.9. The van der Waals surface area contributed by atoms with Gasteiger partial charge in [0, 0.05) is 7.05 Å². The molecule has 0 unspecified atom stereocenters. The first-order valence-electron chi connectivity index (χ1n) is 6.43. The normalized spacial score (nSPS) is 18.1. The van der Waals surface area contributed by atoms with Gasteiger partial charge in [-0.15, -0.1) is 0 Å². The lowest BCUT2D eigenvalue weighted by molar-refractivity contribution is -0.883. The number of ether oxygens (including phenoxy) is 1. The fraction of sp³-hybridized carbons (Fsp3) is 0.583. The molecule has 0 saturated carbocycles. The van der Waals surface area contributed by atoms with Gasteiger partial charge in [0.15, 0.2) is 5.03 Å². The number of aromatic nitrogens is 1. The average molecular weight is 302 g/mol. The van der Waals surface area contributed by atoms with Crippen molar-refractivity contribution in [3.05, 3.63) is 17.8 Å². The fourth-order valence-electron chi connectivity index (χ4n) is 2.30. The second-order valence-electron chi connectivity index (χ2n) is 4.97. The van der Waals surface area contributed by atoms with Gasteiger partial charge in [-0.3, -0.25) is 0 Å². The van der Waals surface area contributed by atoms with Gasteiger partial charge in [0.25, 0.3) is 10.0 Å². The smallest absolute Gasteiger partial charge is 0.354 e. The lowest BCUT2D eigenvalue weighted by atomic mass is 10.4. The van der Waals surface area contributed by atoms with Gasteiger partial charge < -0.3 is 14.2 Å². The molecule has 0 atom stereocenters. The molecular formula is C12H20N3O4S+. The molecule has 1 aromatic heterocycles. The quantitative estimate of drug-likeness (QED) is 0.678. The minimum absolute atomic E-state index is 0.123. The summed E-state index contributed by atoms with van der Waals surface area (Å²) in [5.74, 6) is -0.545. The molecule has 0 aromatic carbocycles. The number of hydrogen-bond acceptors (Lipinski definition) is 4. The molecule has 1 aliphatic heterocycles. The van der Waals surface area contributed by atoms with Gasteiger partial charge in [0.2, 0.25) is 0 Å². The average Bonchev–Trinajstić information content (AvgIpc) is 2.81. The standard InChI is InChI=1S/C12H19N3O4S/c1-13-6-8-15(9-7-13)20(17,18)11-5-4-10(14(11)2)12(16)19-3/h4-5H,6-9H2,1-3H3/p+1. The van der Waals surface area contributed by atoms with Crippen molar-refractivity contribution in [3.8, 4) is 0 Å². The van der Waals surface area contributed by atoms with Gasteiger partial charge in [-0.05, 0) is 12.1 Å². The number of carbonyl (C=O) groups is 1. The number of piperazine rings is 1. The molecule has 2 rings (SSSR count). The van der Waals surface area contributed by atoms with Crippen LogP contribution in [-0.4, -0.2) is 63.6 Å². The molecule has 0 aliphatic carbocycles. The summed E-state index contributed by atoms with van der Waals surface area (Å²) in [6.07, 6.45) is 0. The number of sulfonamides is 1. The van der Waals surface area contributed by atoms with E-state index in [4.69, 9.17) is 0 Å².